The van der Waals surface area contributed by atoms with Crippen molar-refractivity contribution in [1.29, 1.82) is 0 Å². The first-order chi connectivity index (χ1) is 39.5. The first kappa shape index (κ1) is 55.6. The van der Waals surface area contributed by atoms with Crippen molar-refractivity contribution in [3.05, 3.63) is 121 Å². The number of piperidine rings is 2. The molecule has 3 aromatic carbocycles. The van der Waals surface area contributed by atoms with Crippen LogP contribution in [0.15, 0.2) is 81.6 Å². The van der Waals surface area contributed by atoms with Crippen LogP contribution in [-0.2, 0) is 19.8 Å². The molecule has 6 fully saturated rings. The lowest BCUT2D eigenvalue weighted by Gasteiger charge is -2.47. The normalized spacial score (nSPS) is 22.9. The molecule has 2 spiro atoms. The number of aromatic nitrogens is 6. The Balaban J connectivity index is 0.633. The van der Waals surface area contributed by atoms with Gasteiger partial charge in [0.1, 0.15) is 17.9 Å². The summed E-state index contributed by atoms with van der Waals surface area (Å²) in [6.07, 6.45) is 18.0. The topological polar surface area (TPSA) is 172 Å². The molecule has 0 bridgehead atoms. The molecule has 3 saturated carbocycles. The van der Waals surface area contributed by atoms with Gasteiger partial charge in [-0.3, -0.25) is 23.7 Å². The maximum absolute atomic E-state index is 14.7. The number of aliphatic hydroxyl groups excluding tert-OH is 1. The van der Waals surface area contributed by atoms with E-state index >= 15 is 0 Å². The van der Waals surface area contributed by atoms with Gasteiger partial charge in [0.2, 0.25) is 17.7 Å². The number of benzene rings is 3. The predicted octanol–water partition coefficient (Wildman–Crippen LogP) is 11.1. The maximum atomic E-state index is 14.7. The smallest absolute Gasteiger partial charge is 0.281 e. The van der Waals surface area contributed by atoms with Crippen LogP contribution in [0.2, 0.25) is 0 Å². The highest BCUT2D eigenvalue weighted by atomic mass is 79.9. The van der Waals surface area contributed by atoms with Gasteiger partial charge in [0.25, 0.3) is 5.56 Å². The molecule has 0 radical (unpaired) electrons. The van der Waals surface area contributed by atoms with Crippen LogP contribution < -0.4 is 10.9 Å². The number of aliphatic hydroxyl groups is 1. The maximum Gasteiger partial charge on any atom is 0.281 e. The fourth-order valence-electron chi connectivity index (χ4n) is 15.6. The molecule has 13 rings (SSSR count). The number of fused-ring (bicyclic) bond motifs is 7. The van der Waals surface area contributed by atoms with Crippen LogP contribution in [0.5, 0.6) is 0 Å². The average Bonchev–Trinajstić information content (AvgIpc) is 2.30. The van der Waals surface area contributed by atoms with Crippen LogP contribution in [-0.4, -0.2) is 118 Å². The molecule has 2 N–H and O–H groups in total. The fraction of sp³-hybridized carbons (Fsp3) is 0.569. The largest absolute Gasteiger partial charge is 0.391 e. The molecule has 15 nitrogen and oxygen atoms in total. The third-order valence-electron chi connectivity index (χ3n) is 20.4. The summed E-state index contributed by atoms with van der Waals surface area (Å²) in [6, 6.07) is 19.1. The molecule has 0 unspecified atom stereocenters. The van der Waals surface area contributed by atoms with E-state index in [1.165, 1.54) is 53.8 Å². The quantitative estimate of drug-likeness (QED) is 0.120. The van der Waals surface area contributed by atoms with Crippen molar-refractivity contribution in [1.82, 2.24) is 49.5 Å². The summed E-state index contributed by atoms with van der Waals surface area (Å²) in [6.45, 7) is 12.7. The number of carbonyl (C=O) groups is 3. The van der Waals surface area contributed by atoms with Crippen molar-refractivity contribution in [2.24, 2.45) is 16.7 Å². The number of amides is 3. The van der Waals surface area contributed by atoms with Crippen molar-refractivity contribution >= 4 is 55.9 Å². The summed E-state index contributed by atoms with van der Waals surface area (Å²) in [5.74, 6) is 1.83. The van der Waals surface area contributed by atoms with Gasteiger partial charge >= 0.3 is 0 Å². The fourth-order valence-corrected chi connectivity index (χ4v) is 16.9. The van der Waals surface area contributed by atoms with E-state index in [0.717, 1.165) is 127 Å². The summed E-state index contributed by atoms with van der Waals surface area (Å²) in [4.78, 5) is 74.1. The van der Waals surface area contributed by atoms with E-state index in [1.54, 1.807) is 16.0 Å². The summed E-state index contributed by atoms with van der Waals surface area (Å²) in [5.41, 5.74) is 9.77. The van der Waals surface area contributed by atoms with E-state index in [4.69, 9.17) is 4.98 Å². The number of hydrogen-bond donors (Lipinski definition) is 2. The van der Waals surface area contributed by atoms with Crippen molar-refractivity contribution in [3.8, 4) is 16.1 Å². The second-order valence-corrected chi connectivity index (χ2v) is 28.5. The number of aryl methyl sites for hydroxylation is 1. The third kappa shape index (κ3) is 10.5. The van der Waals surface area contributed by atoms with Crippen molar-refractivity contribution in [2.45, 2.75) is 178 Å². The Labute approximate surface area is 493 Å². The van der Waals surface area contributed by atoms with Gasteiger partial charge in [-0.25, -0.2) is 9.67 Å². The predicted molar refractivity (Wildman–Crippen MR) is 322 cm³/mol. The number of nitrogens with one attached hydrogen (secondary N) is 1. The number of carbonyl (C=O) groups excluding carboxylic acids is 3. The zero-order valence-electron chi connectivity index (χ0n) is 48.1. The summed E-state index contributed by atoms with van der Waals surface area (Å²) >= 11 is 5.26. The number of halogens is 1. The van der Waals surface area contributed by atoms with E-state index in [-0.39, 0.29) is 53.5 Å². The summed E-state index contributed by atoms with van der Waals surface area (Å²) in [5, 5.41) is 23.8. The van der Waals surface area contributed by atoms with Gasteiger partial charge in [0.15, 0.2) is 0 Å². The highest BCUT2D eigenvalue weighted by Gasteiger charge is 2.49. The third-order valence-corrected chi connectivity index (χ3v) is 22.1. The molecule has 17 heteroatoms. The van der Waals surface area contributed by atoms with Crippen molar-refractivity contribution in [2.75, 3.05) is 39.3 Å². The number of β-amino-alcohol motifs (C(OH)–C–C–N with tert-alkyl or cyclic N) is 1. The highest BCUT2D eigenvalue weighted by molar-refractivity contribution is 9.10. The molecular formula is C65H79BrN10O5S. The Morgan fingerprint density at radius 1 is 0.878 bits per heavy atom. The van der Waals surface area contributed by atoms with Gasteiger partial charge in [-0.2, -0.15) is 4.98 Å². The molecule has 3 aliphatic carbocycles. The molecule has 7 heterocycles. The summed E-state index contributed by atoms with van der Waals surface area (Å²) in [7, 11) is 0. The van der Waals surface area contributed by atoms with Crippen molar-refractivity contribution in [3.63, 3.8) is 0 Å². The van der Waals surface area contributed by atoms with Crippen LogP contribution in [0.25, 0.3) is 27.0 Å². The Bertz CT molecular complexity index is 3440. The number of thiazole rings is 1. The second kappa shape index (κ2) is 22.1. The first-order valence-corrected chi connectivity index (χ1v) is 32.3. The molecule has 82 heavy (non-hydrogen) atoms. The SMILES string of the molecule is Cc1ncsc1-c1ccc([C@H](CC(=O)N2CCC3(CCC(CN4CCC(c5ccc6c(c5)-n5c(nc(=O)c7c(Br)cccc75)C65CCCCC5)CC4)CC3)CC2)NC(=O)[C@@H]2C[C@@H](O)CN2C(=O)[C@@H](n2cc(C3CC3)nn2)C(C)(C)C)cc1. The number of hydrogen-bond acceptors (Lipinski definition) is 11. The van der Waals surface area contributed by atoms with E-state index in [9.17, 15) is 24.3 Å². The Morgan fingerprint density at radius 3 is 2.32 bits per heavy atom. The minimum Gasteiger partial charge on any atom is -0.391 e. The van der Waals surface area contributed by atoms with E-state index < -0.39 is 29.6 Å². The van der Waals surface area contributed by atoms with E-state index in [2.05, 4.69) is 70.3 Å². The highest BCUT2D eigenvalue weighted by Crippen LogP contribution is 2.53. The molecule has 4 atom stereocenters. The number of rotatable bonds is 12. The lowest BCUT2D eigenvalue weighted by molar-refractivity contribution is -0.144. The van der Waals surface area contributed by atoms with E-state index in [0.29, 0.717) is 36.2 Å². The molecule has 3 saturated heterocycles. The molecule has 6 aromatic rings. The van der Waals surface area contributed by atoms with Gasteiger partial charge in [0.05, 0.1) is 62.3 Å². The molecular weight excluding hydrogens is 1110 g/mol. The van der Waals surface area contributed by atoms with Crippen LogP contribution >= 0.6 is 27.3 Å². The molecule has 7 aliphatic rings. The zero-order chi connectivity index (χ0) is 56.7. The van der Waals surface area contributed by atoms with Gasteiger partial charge in [0, 0.05) is 49.2 Å². The first-order valence-electron chi connectivity index (χ1n) is 30.6. The van der Waals surface area contributed by atoms with Gasteiger partial charge in [-0.05, 0) is 176 Å². The minimum atomic E-state index is -0.922. The number of likely N-dealkylation sites (tertiary alicyclic amines) is 3. The molecule has 432 valence electrons. The number of nitrogens with zero attached hydrogens (tertiary/aromatic N) is 9. The van der Waals surface area contributed by atoms with Crippen molar-refractivity contribution < 1.29 is 19.5 Å². The standard InChI is InChI=1S/C65H79BrN10O5S/c1-40-57(82-39-67-40)45-15-13-43(14-16-45)50(68-59(79)54-34-47(77)37-74(54)61(81)58(63(2,3)4)75-38-51(70-71-75)44-11-12-44)35-55(78)73-31-27-64(28-32-73)25-19-41(20-26-64)36-72-29-21-42(22-30-72)46-17-18-48-53(33-46)76-52-10-8-9-49(66)56(52)60(80)69-62(76)65(48)23-6-5-7-24-65/h8-10,13-18,33,38-39,41-42,44,47,50,54,58,77H,5-7,11-12,19-32,34-37H2,1-4H3,(H,68,79)/t47-,50+,54+,58-/m1/s1. The lowest BCUT2D eigenvalue weighted by Crippen LogP contribution is -2.51. The molecule has 4 aliphatic heterocycles. The zero-order valence-corrected chi connectivity index (χ0v) is 50.5. The average molecular weight is 1190 g/mol. The van der Waals surface area contributed by atoms with Crippen LogP contribution in [0.1, 0.15) is 188 Å². The Kier molecular flexibility index (Phi) is 15.0. The Hall–Kier alpha value is -5.62. The van der Waals surface area contributed by atoms with Crippen LogP contribution in [0.3, 0.4) is 0 Å². The van der Waals surface area contributed by atoms with E-state index in [1.807, 2.05) is 80.7 Å². The second-order valence-electron chi connectivity index (χ2n) is 26.7. The van der Waals surface area contributed by atoms with Gasteiger partial charge in [-0.1, -0.05) is 87.7 Å². The van der Waals surface area contributed by atoms with Gasteiger partial charge in [-0.15, -0.1) is 16.4 Å². The Morgan fingerprint density at radius 2 is 1.62 bits per heavy atom. The van der Waals surface area contributed by atoms with Gasteiger partial charge < -0.3 is 25.1 Å². The lowest BCUT2D eigenvalue weighted by atomic mass is 9.65. The summed E-state index contributed by atoms with van der Waals surface area (Å²) < 4.78 is 4.78. The van der Waals surface area contributed by atoms with Crippen LogP contribution in [0, 0.1) is 23.7 Å². The molecule has 3 aromatic heterocycles. The molecule has 3 amide bonds. The van der Waals surface area contributed by atoms with Crippen LogP contribution in [0.4, 0.5) is 0 Å². The monoisotopic (exact) mass is 1190 g/mol. The minimum absolute atomic E-state index is 0.0117.